The number of esters is 3. The van der Waals surface area contributed by atoms with E-state index in [1.54, 1.807) is 43.5 Å². The van der Waals surface area contributed by atoms with Gasteiger partial charge in [0.1, 0.15) is 11.5 Å². The van der Waals surface area contributed by atoms with E-state index in [2.05, 4.69) is 5.32 Å². The molecule has 6 rings (SSSR count). The highest BCUT2D eigenvalue weighted by molar-refractivity contribution is 5.85. The van der Waals surface area contributed by atoms with Crippen molar-refractivity contribution in [1.82, 2.24) is 10.2 Å². The molecule has 2 heterocycles. The standard InChI is InChI=1S/C34H38N2O10/c1-19(43-26(38)14-16-35-31(39)28(44-20(2)37)21-8-6-5-7-9-21)32(40)45-24-12-13-25-33-15-17-36(3)34(25,41)18-22-10-11-23(42-4)29(27(22)33)46-30(24)33/h5-12,19,25,28,30,41H,13-18H2,1-4H3,(H,35,39)/t19?,25?,28-,30?,33?,34?/m0/s1. The molecule has 5 unspecified atom stereocenters. The summed E-state index contributed by atoms with van der Waals surface area (Å²) in [5.41, 5.74) is 0.760. The number of carbonyl (C=O) groups is 4. The summed E-state index contributed by atoms with van der Waals surface area (Å²) in [4.78, 5) is 52.1. The quantitative estimate of drug-likeness (QED) is 0.293. The second-order valence-corrected chi connectivity index (χ2v) is 12.3. The lowest BCUT2D eigenvalue weighted by molar-refractivity contribution is -0.205. The summed E-state index contributed by atoms with van der Waals surface area (Å²) in [6, 6.07) is 12.3. The SMILES string of the molecule is COc1ccc2c3c1OC1C(OC(=O)C(C)OC(=O)CCNC(=O)[C@@H](OC(C)=O)c4ccccc4)=CCC4C31CCN(C)C4(O)C2. The van der Waals surface area contributed by atoms with E-state index in [0.717, 1.165) is 11.1 Å². The zero-order chi connectivity index (χ0) is 32.8. The summed E-state index contributed by atoms with van der Waals surface area (Å²) in [6.45, 7) is 3.14. The number of amides is 1. The molecule has 2 aliphatic carbocycles. The van der Waals surface area contributed by atoms with Crippen LogP contribution in [0.25, 0.3) is 0 Å². The van der Waals surface area contributed by atoms with Gasteiger partial charge in [0.15, 0.2) is 23.7 Å². The average molecular weight is 635 g/mol. The van der Waals surface area contributed by atoms with Crippen molar-refractivity contribution in [3.63, 3.8) is 0 Å². The van der Waals surface area contributed by atoms with Crippen LogP contribution in [0.4, 0.5) is 0 Å². The Bertz CT molecular complexity index is 1590. The van der Waals surface area contributed by atoms with E-state index in [1.807, 2.05) is 24.1 Å². The van der Waals surface area contributed by atoms with Crippen molar-refractivity contribution in [1.29, 1.82) is 0 Å². The number of nitrogens with one attached hydrogen (secondary N) is 1. The fourth-order valence-electron chi connectivity index (χ4n) is 7.54. The highest BCUT2D eigenvalue weighted by Gasteiger charge is 2.69. The molecule has 12 nitrogen and oxygen atoms in total. The van der Waals surface area contributed by atoms with Crippen molar-refractivity contribution in [3.8, 4) is 11.5 Å². The highest BCUT2D eigenvalue weighted by Crippen LogP contribution is 2.65. The molecule has 0 aromatic heterocycles. The van der Waals surface area contributed by atoms with Gasteiger partial charge in [0.2, 0.25) is 6.10 Å². The second kappa shape index (κ2) is 12.1. The minimum absolute atomic E-state index is 0.102. The summed E-state index contributed by atoms with van der Waals surface area (Å²) >= 11 is 0. The Balaban J connectivity index is 1.10. The number of methoxy groups -OCH3 is 1. The lowest BCUT2D eigenvalue weighted by Gasteiger charge is -2.60. The fraction of sp³-hybridized carbons (Fsp3) is 0.471. The second-order valence-electron chi connectivity index (χ2n) is 12.3. The van der Waals surface area contributed by atoms with Crippen LogP contribution >= 0.6 is 0 Å². The first-order chi connectivity index (χ1) is 22.0. The first-order valence-electron chi connectivity index (χ1n) is 15.4. The van der Waals surface area contributed by atoms with E-state index >= 15 is 0 Å². The monoisotopic (exact) mass is 634 g/mol. The van der Waals surface area contributed by atoms with Gasteiger partial charge < -0.3 is 34.1 Å². The molecule has 1 amide bonds. The predicted octanol–water partition coefficient (Wildman–Crippen LogP) is 2.46. The van der Waals surface area contributed by atoms with Crippen molar-refractivity contribution in [3.05, 3.63) is 71.0 Å². The number of carbonyl (C=O) groups excluding carboxylic acids is 4. The minimum Gasteiger partial charge on any atom is -0.493 e. The van der Waals surface area contributed by atoms with E-state index in [1.165, 1.54) is 13.8 Å². The van der Waals surface area contributed by atoms with E-state index < -0.39 is 53.3 Å². The number of benzene rings is 2. The molecule has 2 N–H and O–H groups in total. The average Bonchev–Trinajstić information content (AvgIpc) is 3.38. The van der Waals surface area contributed by atoms with Crippen LogP contribution in [-0.4, -0.2) is 79.0 Å². The Morgan fingerprint density at radius 1 is 1.13 bits per heavy atom. The molecule has 6 atom stereocenters. The zero-order valence-electron chi connectivity index (χ0n) is 26.2. The highest BCUT2D eigenvalue weighted by atomic mass is 16.6. The van der Waals surface area contributed by atoms with Crippen LogP contribution in [0.5, 0.6) is 11.5 Å². The first-order valence-corrected chi connectivity index (χ1v) is 15.4. The smallest absolute Gasteiger partial charge is 0.352 e. The summed E-state index contributed by atoms with van der Waals surface area (Å²) in [7, 11) is 3.50. The molecule has 0 saturated carbocycles. The molecule has 2 bridgehead atoms. The van der Waals surface area contributed by atoms with Gasteiger partial charge in [-0.1, -0.05) is 36.4 Å². The van der Waals surface area contributed by atoms with Gasteiger partial charge in [0.05, 0.1) is 18.9 Å². The normalized spacial score (nSPS) is 26.8. The molecular weight excluding hydrogens is 596 g/mol. The molecular formula is C34H38N2O10. The maximum Gasteiger partial charge on any atom is 0.352 e. The van der Waals surface area contributed by atoms with Crippen molar-refractivity contribution < 1.29 is 48.0 Å². The van der Waals surface area contributed by atoms with Gasteiger partial charge in [-0.3, -0.25) is 19.3 Å². The van der Waals surface area contributed by atoms with Gasteiger partial charge in [-0.2, -0.15) is 0 Å². The Labute approximate surface area is 266 Å². The molecule has 2 aromatic rings. The molecule has 2 aromatic carbocycles. The summed E-state index contributed by atoms with van der Waals surface area (Å²) in [6.07, 6.45) is 0.0681. The predicted molar refractivity (Wildman–Crippen MR) is 161 cm³/mol. The molecule has 1 fully saturated rings. The van der Waals surface area contributed by atoms with Gasteiger partial charge >= 0.3 is 17.9 Å². The number of hydrogen-bond acceptors (Lipinski definition) is 11. The maximum atomic E-state index is 13.2. The Morgan fingerprint density at radius 2 is 1.89 bits per heavy atom. The summed E-state index contributed by atoms with van der Waals surface area (Å²) in [5.74, 6) is -1.42. The van der Waals surface area contributed by atoms with E-state index in [-0.39, 0.29) is 18.9 Å². The summed E-state index contributed by atoms with van der Waals surface area (Å²) < 4.78 is 28.5. The molecule has 2 aliphatic heterocycles. The van der Waals surface area contributed by atoms with E-state index in [4.69, 9.17) is 23.7 Å². The van der Waals surface area contributed by atoms with E-state index in [0.29, 0.717) is 48.6 Å². The maximum absolute atomic E-state index is 13.2. The van der Waals surface area contributed by atoms with Gasteiger partial charge in [0.25, 0.3) is 5.91 Å². The molecule has 0 radical (unpaired) electrons. The fourth-order valence-corrected chi connectivity index (χ4v) is 7.54. The minimum atomic E-state index is -1.24. The zero-order valence-corrected chi connectivity index (χ0v) is 26.2. The Hall–Kier alpha value is -4.42. The molecule has 4 aliphatic rings. The first kappa shape index (κ1) is 31.6. The van der Waals surface area contributed by atoms with Gasteiger partial charge in [0, 0.05) is 43.5 Å². The van der Waals surface area contributed by atoms with Crippen LogP contribution in [0.3, 0.4) is 0 Å². The summed E-state index contributed by atoms with van der Waals surface area (Å²) in [5, 5.41) is 14.5. The molecule has 244 valence electrons. The van der Waals surface area contributed by atoms with Crippen molar-refractivity contribution >= 4 is 23.8 Å². The van der Waals surface area contributed by atoms with Gasteiger partial charge in [-0.25, -0.2) is 4.79 Å². The Morgan fingerprint density at radius 3 is 2.61 bits per heavy atom. The van der Waals surface area contributed by atoms with Crippen LogP contribution in [-0.2, 0) is 45.2 Å². The number of likely N-dealkylation sites (N-methyl/N-ethyl adjacent to an activating group) is 1. The van der Waals surface area contributed by atoms with Crippen LogP contribution in [0.1, 0.15) is 55.9 Å². The lowest BCUT2D eigenvalue weighted by atomic mass is 9.51. The number of piperidine rings is 1. The number of aliphatic hydroxyl groups is 1. The van der Waals surface area contributed by atoms with Crippen LogP contribution < -0.4 is 14.8 Å². The largest absolute Gasteiger partial charge is 0.493 e. The van der Waals surface area contributed by atoms with Crippen LogP contribution in [0, 0.1) is 5.92 Å². The topological polar surface area (TPSA) is 150 Å². The molecule has 46 heavy (non-hydrogen) atoms. The molecule has 12 heteroatoms. The third-order valence-corrected chi connectivity index (χ3v) is 9.67. The van der Waals surface area contributed by atoms with Crippen molar-refractivity contribution in [2.45, 2.75) is 69.0 Å². The number of likely N-dealkylation sites (tertiary alicyclic amines) is 1. The van der Waals surface area contributed by atoms with Crippen LogP contribution in [0.15, 0.2) is 54.3 Å². The van der Waals surface area contributed by atoms with Crippen molar-refractivity contribution in [2.75, 3.05) is 27.2 Å². The molecule has 1 saturated heterocycles. The number of rotatable bonds is 10. The van der Waals surface area contributed by atoms with E-state index in [9.17, 15) is 24.3 Å². The van der Waals surface area contributed by atoms with Gasteiger partial charge in [-0.05, 0) is 44.5 Å². The third-order valence-electron chi connectivity index (χ3n) is 9.67. The van der Waals surface area contributed by atoms with Crippen molar-refractivity contribution in [2.24, 2.45) is 5.92 Å². The number of nitrogens with zero attached hydrogens (tertiary/aromatic N) is 1. The Kier molecular flexibility index (Phi) is 8.28. The third kappa shape index (κ3) is 5.19. The number of ether oxygens (including phenoxy) is 5. The molecule has 1 spiro atoms. The van der Waals surface area contributed by atoms with Crippen LogP contribution in [0.2, 0.25) is 0 Å². The lowest BCUT2D eigenvalue weighted by Crippen LogP contribution is -2.70. The number of allylic oxidation sites excluding steroid dienone is 1. The number of hydrogen-bond donors (Lipinski definition) is 2. The van der Waals surface area contributed by atoms with Gasteiger partial charge in [-0.15, -0.1) is 0 Å².